The molecule has 0 saturated heterocycles. The van der Waals surface area contributed by atoms with Crippen molar-refractivity contribution in [3.8, 4) is 0 Å². The minimum absolute atomic E-state index is 0. The van der Waals surface area contributed by atoms with Crippen LogP contribution >= 0.6 is 0 Å². The second-order valence-corrected chi connectivity index (χ2v) is 10.2. The Morgan fingerprint density at radius 1 is 1.75 bits per heavy atom. The van der Waals surface area contributed by atoms with Crippen LogP contribution in [0.2, 0.25) is 3.73 Å². The summed E-state index contributed by atoms with van der Waals surface area (Å²) in [4.78, 5) is 0. The molecule has 3 heteroatoms. The number of rotatable bonds is 0. The molecule has 0 aromatic heterocycles. The zero-order valence-electron chi connectivity index (χ0n) is 2.99. The monoisotopic (exact) mass is 319 g/mol. The number of hydrogen-bond donors (Lipinski definition) is 0. The molecule has 0 rings (SSSR count). The van der Waals surface area contributed by atoms with Crippen LogP contribution in [0.3, 0.4) is 0 Å². The third-order valence-electron chi connectivity index (χ3n) is 0. The second-order valence-electron chi connectivity index (χ2n) is 0.577. The first-order valence-corrected chi connectivity index (χ1v) is 13.7. The van der Waals surface area contributed by atoms with E-state index in [0.717, 1.165) is 0 Å². The predicted octanol–water partition coefficient (Wildman–Crippen LogP) is -0.605. The van der Waals surface area contributed by atoms with E-state index in [0.29, 0.717) is 0 Å². The summed E-state index contributed by atoms with van der Waals surface area (Å²) >= 11 is 0.249. The third-order valence-corrected chi connectivity index (χ3v) is 0. The third kappa shape index (κ3) is 8.99. The second kappa shape index (κ2) is 8.89. The van der Waals surface area contributed by atoms with Gasteiger partial charge >= 0.3 is 38.2 Å². The molecule has 0 bridgehead atoms. The van der Waals surface area contributed by atoms with E-state index in [-0.39, 0.29) is 49.3 Å². The van der Waals surface area contributed by atoms with E-state index in [9.17, 15) is 0 Å². The fourth-order valence-corrected chi connectivity index (χ4v) is 0. The summed E-state index contributed by atoms with van der Waals surface area (Å²) in [5.74, 6) is 0. The van der Waals surface area contributed by atoms with Crippen molar-refractivity contribution in [1.29, 1.82) is 0 Å². The first-order valence-electron chi connectivity index (χ1n) is 1.15. The molecule has 0 aromatic rings. The van der Waals surface area contributed by atoms with Crippen molar-refractivity contribution in [2.24, 2.45) is 0 Å². The van der Waals surface area contributed by atoms with Gasteiger partial charge in [0.15, 0.2) is 0 Å². The Balaban J connectivity index is 0. The summed E-state index contributed by atoms with van der Waals surface area (Å²) in [6, 6.07) is 0. The van der Waals surface area contributed by atoms with Gasteiger partial charge in [0.2, 0.25) is 0 Å². The first kappa shape index (κ1) is 9.38. The van der Waals surface area contributed by atoms with Crippen molar-refractivity contribution in [3.63, 3.8) is 0 Å². The standard InChI is InChI=1S/CH3.H3Si.W.Y/h2*1H3;;. The summed E-state index contributed by atoms with van der Waals surface area (Å²) in [6.07, 6.45) is 1.56. The van der Waals surface area contributed by atoms with Crippen LogP contribution in [0.15, 0.2) is 0 Å². The molecule has 0 aromatic carbocycles. The summed E-state index contributed by atoms with van der Waals surface area (Å²) in [5.41, 5.74) is 0. The van der Waals surface area contributed by atoms with Gasteiger partial charge in [0, 0.05) is 21.1 Å². The Bertz CT molecular complexity index is 8.00. The molecular weight excluding hydrogens is 313 g/mol. The molecule has 0 amide bonds. The van der Waals surface area contributed by atoms with Crippen LogP contribution < -0.4 is 0 Å². The van der Waals surface area contributed by atoms with Gasteiger partial charge in [-0.05, 0) is 0 Å². The Morgan fingerprint density at radius 3 is 1.75 bits per heavy atom. The maximum atomic E-state index is 2.38. The van der Waals surface area contributed by atoms with Crippen LogP contribution in [0.5, 0.6) is 0 Å². The van der Waals surface area contributed by atoms with Crippen LogP contribution in [0, 0.1) is 0 Å². The van der Waals surface area contributed by atoms with Gasteiger partial charge in [-0.1, -0.05) is 0 Å². The minimum atomic E-state index is 0. The van der Waals surface area contributed by atoms with Crippen LogP contribution in [-0.4, -0.2) is 6.26 Å². The molecule has 0 aliphatic heterocycles. The van der Waals surface area contributed by atoms with Gasteiger partial charge in [-0.2, -0.15) is 0 Å². The van der Waals surface area contributed by atoms with E-state index in [4.69, 9.17) is 0 Å². The van der Waals surface area contributed by atoms with Crippen molar-refractivity contribution >= 4 is 6.26 Å². The predicted molar refractivity (Wildman–Crippen MR) is 15.8 cm³/mol. The van der Waals surface area contributed by atoms with Crippen molar-refractivity contribution in [1.82, 2.24) is 0 Å². The van der Waals surface area contributed by atoms with Gasteiger partial charge in [-0.3, -0.25) is 0 Å². The molecule has 23 valence electrons. The molecule has 0 spiro atoms. The molecule has 0 nitrogen and oxygen atoms in total. The molecular formula is CH6SiWY. The van der Waals surface area contributed by atoms with Gasteiger partial charge in [0.1, 0.15) is 0 Å². The van der Waals surface area contributed by atoms with E-state index >= 15 is 0 Å². The molecule has 0 aliphatic carbocycles. The minimum Gasteiger partial charge on any atom is 0 e. The molecule has 0 heterocycles. The van der Waals surface area contributed by atoms with Crippen molar-refractivity contribution < 1.29 is 49.3 Å². The Morgan fingerprint density at radius 2 is 1.75 bits per heavy atom. The molecule has 0 unspecified atom stereocenters. The molecule has 0 N–H and O–H groups in total. The van der Waals surface area contributed by atoms with Crippen molar-refractivity contribution in [3.05, 3.63) is 0 Å². The molecule has 0 atom stereocenters. The summed E-state index contributed by atoms with van der Waals surface area (Å²) in [5, 5.41) is 0. The summed E-state index contributed by atoms with van der Waals surface area (Å²) in [7, 11) is 0. The number of hydrogen-bond acceptors (Lipinski definition) is 0. The SMILES string of the molecule is [CH3][Y][SiH3].[W]. The Labute approximate surface area is 58.4 Å². The van der Waals surface area contributed by atoms with Gasteiger partial charge in [0.25, 0.3) is 0 Å². The van der Waals surface area contributed by atoms with Crippen molar-refractivity contribution in [2.45, 2.75) is 3.73 Å². The van der Waals surface area contributed by atoms with E-state index in [2.05, 4.69) is 3.73 Å². The van der Waals surface area contributed by atoms with Crippen molar-refractivity contribution in [2.75, 3.05) is 0 Å². The maximum Gasteiger partial charge on any atom is 0 e. The average Bonchev–Trinajstić information content (AvgIpc) is 0.918. The topological polar surface area (TPSA) is 0 Å². The van der Waals surface area contributed by atoms with E-state index in [1.165, 1.54) is 0 Å². The molecule has 0 aliphatic rings. The zero-order valence-corrected chi connectivity index (χ0v) is 10.8. The van der Waals surface area contributed by atoms with E-state index in [1.807, 2.05) is 0 Å². The molecule has 0 radical (unpaired) electrons. The first-order chi connectivity index (χ1) is 1.41. The van der Waals surface area contributed by atoms with Gasteiger partial charge < -0.3 is 0 Å². The van der Waals surface area contributed by atoms with E-state index < -0.39 is 0 Å². The molecule has 4 heavy (non-hydrogen) atoms. The van der Waals surface area contributed by atoms with Crippen LogP contribution in [0.1, 0.15) is 0 Å². The fraction of sp³-hybridized carbons (Fsp3) is 1.00. The van der Waals surface area contributed by atoms with Gasteiger partial charge in [-0.15, -0.1) is 0 Å². The van der Waals surface area contributed by atoms with Gasteiger partial charge in [-0.25, -0.2) is 0 Å². The smallest absolute Gasteiger partial charge is 0 e. The quantitative estimate of drug-likeness (QED) is 0.523. The van der Waals surface area contributed by atoms with Gasteiger partial charge in [0.05, 0.1) is 0 Å². The normalized spacial score (nSPS) is 3.25. The van der Waals surface area contributed by atoms with Crippen LogP contribution in [0.4, 0.5) is 0 Å². The summed E-state index contributed by atoms with van der Waals surface area (Å²) < 4.78 is 2.38. The van der Waals surface area contributed by atoms with Crippen LogP contribution in [0.25, 0.3) is 0 Å². The van der Waals surface area contributed by atoms with E-state index in [1.54, 1.807) is 6.26 Å². The fourth-order valence-electron chi connectivity index (χ4n) is 0. The Kier molecular flexibility index (Phi) is 20.9. The molecule has 0 fully saturated rings. The maximum absolute atomic E-state index is 2.38. The molecule has 0 saturated carbocycles. The summed E-state index contributed by atoms with van der Waals surface area (Å²) in [6.45, 7) is 0. The average molecular weight is 319 g/mol. The Hall–Kier alpha value is 2.01. The zero-order chi connectivity index (χ0) is 2.71. The van der Waals surface area contributed by atoms with Crippen LogP contribution in [-0.2, 0) is 49.3 Å². The largest absolute Gasteiger partial charge is 0 e.